The lowest BCUT2D eigenvalue weighted by Gasteiger charge is -2.26. The van der Waals surface area contributed by atoms with Crippen LogP contribution in [0.3, 0.4) is 0 Å². The maximum absolute atomic E-state index is 11.4. The Morgan fingerprint density at radius 1 is 1.42 bits per heavy atom. The predicted octanol–water partition coefficient (Wildman–Crippen LogP) is 0.110. The van der Waals surface area contributed by atoms with Gasteiger partial charge in [-0.25, -0.2) is 4.72 Å². The number of rotatable bonds is 3. The minimum absolute atomic E-state index is 0.160. The summed E-state index contributed by atoms with van der Waals surface area (Å²) >= 11 is 0.996. The van der Waals surface area contributed by atoms with E-state index in [2.05, 4.69) is 4.72 Å². The van der Waals surface area contributed by atoms with Crippen molar-refractivity contribution in [2.24, 2.45) is 5.14 Å². The van der Waals surface area contributed by atoms with Crippen molar-refractivity contribution in [2.75, 3.05) is 19.6 Å². The summed E-state index contributed by atoms with van der Waals surface area (Å²) in [7, 11) is 0. The molecule has 3 N–H and O–H groups in total. The van der Waals surface area contributed by atoms with Crippen LogP contribution in [0.25, 0.3) is 0 Å². The first-order valence-corrected chi connectivity index (χ1v) is 5.09. The van der Waals surface area contributed by atoms with E-state index in [1.54, 1.807) is 0 Å². The third kappa shape index (κ3) is 3.00. The maximum atomic E-state index is 11.4. The van der Waals surface area contributed by atoms with E-state index in [0.29, 0.717) is 6.54 Å². The smallest absolute Gasteiger partial charge is 0.237 e. The number of carbonyl (C=O) groups is 1. The molecule has 1 amide bonds. The van der Waals surface area contributed by atoms with Crippen molar-refractivity contribution in [2.45, 2.75) is 19.3 Å². The molecule has 1 heterocycles. The third-order valence-electron chi connectivity index (χ3n) is 2.02. The van der Waals surface area contributed by atoms with Crippen molar-refractivity contribution in [1.29, 1.82) is 0 Å². The van der Waals surface area contributed by atoms with Gasteiger partial charge in [0.15, 0.2) is 0 Å². The van der Waals surface area contributed by atoms with E-state index in [1.807, 2.05) is 4.90 Å². The van der Waals surface area contributed by atoms with Gasteiger partial charge in [0.1, 0.15) is 0 Å². The summed E-state index contributed by atoms with van der Waals surface area (Å²) in [5.41, 5.74) is 0. The SMILES string of the molecule is NSNCC(=O)N1CCCCC1. The second-order valence-electron chi connectivity index (χ2n) is 2.88. The topological polar surface area (TPSA) is 58.4 Å². The molecule has 70 valence electrons. The van der Waals surface area contributed by atoms with Crippen molar-refractivity contribution in [3.63, 3.8) is 0 Å². The standard InChI is InChI=1S/C7H15N3OS/c8-12-9-6-7(11)10-4-2-1-3-5-10/h9H,1-6,8H2. The second-order valence-corrected chi connectivity index (χ2v) is 3.40. The zero-order valence-corrected chi connectivity index (χ0v) is 7.90. The Balaban J connectivity index is 2.20. The highest BCUT2D eigenvalue weighted by atomic mass is 32.2. The van der Waals surface area contributed by atoms with E-state index in [-0.39, 0.29) is 5.91 Å². The zero-order valence-electron chi connectivity index (χ0n) is 7.08. The molecule has 0 aliphatic carbocycles. The first-order chi connectivity index (χ1) is 5.84. The predicted molar refractivity (Wildman–Crippen MR) is 50.2 cm³/mol. The monoisotopic (exact) mass is 189 g/mol. The molecule has 1 aliphatic heterocycles. The molecule has 0 saturated carbocycles. The lowest BCUT2D eigenvalue weighted by atomic mass is 10.1. The summed E-state index contributed by atoms with van der Waals surface area (Å²) in [6, 6.07) is 0. The number of amides is 1. The molecule has 1 fully saturated rings. The summed E-state index contributed by atoms with van der Waals surface area (Å²) in [6.07, 6.45) is 3.53. The minimum atomic E-state index is 0.160. The number of hydrogen-bond acceptors (Lipinski definition) is 4. The molecule has 1 rings (SSSR count). The molecule has 0 spiro atoms. The number of nitrogens with zero attached hydrogens (tertiary/aromatic N) is 1. The van der Waals surface area contributed by atoms with Crippen LogP contribution >= 0.6 is 12.1 Å². The van der Waals surface area contributed by atoms with E-state index < -0.39 is 0 Å². The molecule has 0 aromatic heterocycles. The molecule has 0 unspecified atom stereocenters. The van der Waals surface area contributed by atoms with Crippen LogP contribution in [0.5, 0.6) is 0 Å². The Morgan fingerprint density at radius 2 is 2.08 bits per heavy atom. The lowest BCUT2D eigenvalue weighted by molar-refractivity contribution is -0.130. The third-order valence-corrected chi connectivity index (χ3v) is 2.33. The summed E-state index contributed by atoms with van der Waals surface area (Å²) in [4.78, 5) is 13.2. The number of nitrogens with two attached hydrogens (primary N) is 1. The van der Waals surface area contributed by atoms with Gasteiger partial charge in [-0.15, -0.1) is 0 Å². The minimum Gasteiger partial charge on any atom is -0.342 e. The van der Waals surface area contributed by atoms with Crippen LogP contribution in [0.15, 0.2) is 0 Å². The molecule has 0 bridgehead atoms. The van der Waals surface area contributed by atoms with Gasteiger partial charge in [-0.2, -0.15) is 0 Å². The van der Waals surface area contributed by atoms with Gasteiger partial charge in [0, 0.05) is 25.2 Å². The van der Waals surface area contributed by atoms with Crippen LogP contribution in [-0.2, 0) is 4.79 Å². The molecular weight excluding hydrogens is 174 g/mol. The molecule has 0 atom stereocenters. The zero-order chi connectivity index (χ0) is 8.81. The fourth-order valence-corrected chi connectivity index (χ4v) is 1.57. The van der Waals surface area contributed by atoms with Gasteiger partial charge in [0.25, 0.3) is 0 Å². The highest BCUT2D eigenvalue weighted by molar-refractivity contribution is 7.95. The Hall–Kier alpha value is -0.260. The Bertz CT molecular complexity index is 148. The highest BCUT2D eigenvalue weighted by Gasteiger charge is 2.15. The summed E-state index contributed by atoms with van der Waals surface area (Å²) in [5, 5.41) is 5.14. The average Bonchev–Trinajstić information content (AvgIpc) is 2.15. The first-order valence-electron chi connectivity index (χ1n) is 4.21. The first kappa shape index (κ1) is 9.83. The summed E-state index contributed by atoms with van der Waals surface area (Å²) in [6.45, 7) is 2.17. The van der Waals surface area contributed by atoms with Crippen molar-refractivity contribution in [1.82, 2.24) is 9.62 Å². The van der Waals surface area contributed by atoms with Gasteiger partial charge >= 0.3 is 0 Å². The van der Waals surface area contributed by atoms with Gasteiger partial charge in [0.05, 0.1) is 6.54 Å². The Labute approximate surface area is 77.1 Å². The number of nitrogens with one attached hydrogen (secondary N) is 1. The van der Waals surface area contributed by atoms with Crippen LogP contribution in [0.4, 0.5) is 0 Å². The van der Waals surface area contributed by atoms with Gasteiger partial charge in [0.2, 0.25) is 5.91 Å². The van der Waals surface area contributed by atoms with Crippen molar-refractivity contribution in [3.05, 3.63) is 0 Å². The van der Waals surface area contributed by atoms with Crippen LogP contribution in [0.2, 0.25) is 0 Å². The van der Waals surface area contributed by atoms with Crippen LogP contribution in [-0.4, -0.2) is 30.4 Å². The van der Waals surface area contributed by atoms with E-state index in [9.17, 15) is 4.79 Å². The van der Waals surface area contributed by atoms with E-state index in [4.69, 9.17) is 5.14 Å². The van der Waals surface area contributed by atoms with Crippen LogP contribution < -0.4 is 9.86 Å². The van der Waals surface area contributed by atoms with E-state index in [1.165, 1.54) is 6.42 Å². The number of hydrogen-bond donors (Lipinski definition) is 2. The number of likely N-dealkylation sites (tertiary alicyclic amines) is 1. The lowest BCUT2D eigenvalue weighted by Crippen LogP contribution is -2.40. The molecule has 0 aromatic carbocycles. The molecule has 0 radical (unpaired) electrons. The van der Waals surface area contributed by atoms with Crippen LogP contribution in [0, 0.1) is 0 Å². The van der Waals surface area contributed by atoms with E-state index >= 15 is 0 Å². The van der Waals surface area contributed by atoms with Crippen molar-refractivity contribution >= 4 is 18.0 Å². The quantitative estimate of drug-likeness (QED) is 0.619. The number of carbonyl (C=O) groups excluding carboxylic acids is 1. The maximum Gasteiger partial charge on any atom is 0.237 e. The Kier molecular flexibility index (Phi) is 4.42. The molecule has 5 heteroatoms. The highest BCUT2D eigenvalue weighted by Crippen LogP contribution is 2.08. The largest absolute Gasteiger partial charge is 0.342 e. The normalized spacial score (nSPS) is 17.9. The summed E-state index contributed by atoms with van der Waals surface area (Å²) in [5.74, 6) is 0.160. The molecule has 12 heavy (non-hydrogen) atoms. The van der Waals surface area contributed by atoms with Gasteiger partial charge < -0.3 is 4.90 Å². The van der Waals surface area contributed by atoms with Gasteiger partial charge in [-0.05, 0) is 19.3 Å². The Morgan fingerprint density at radius 3 is 2.67 bits per heavy atom. The number of piperidine rings is 1. The summed E-state index contributed by atoms with van der Waals surface area (Å²) < 4.78 is 2.75. The molecule has 1 saturated heterocycles. The van der Waals surface area contributed by atoms with Crippen molar-refractivity contribution in [3.8, 4) is 0 Å². The average molecular weight is 189 g/mol. The van der Waals surface area contributed by atoms with Gasteiger partial charge in [-0.3, -0.25) is 9.93 Å². The second kappa shape index (κ2) is 5.40. The fraction of sp³-hybridized carbons (Fsp3) is 0.857. The van der Waals surface area contributed by atoms with E-state index in [0.717, 1.165) is 38.1 Å². The molecule has 0 aromatic rings. The van der Waals surface area contributed by atoms with Gasteiger partial charge in [-0.1, -0.05) is 0 Å². The van der Waals surface area contributed by atoms with Crippen LogP contribution in [0.1, 0.15) is 19.3 Å². The molecule has 1 aliphatic rings. The van der Waals surface area contributed by atoms with Crippen molar-refractivity contribution < 1.29 is 4.79 Å². The molecule has 4 nitrogen and oxygen atoms in total. The fourth-order valence-electron chi connectivity index (χ4n) is 1.36. The molecular formula is C7H15N3OS.